The van der Waals surface area contributed by atoms with Crippen LogP contribution in [-0.2, 0) is 11.2 Å². The molecule has 1 amide bonds. The molecule has 0 bridgehead atoms. The van der Waals surface area contributed by atoms with Gasteiger partial charge in [-0.15, -0.1) is 0 Å². The molecule has 1 fully saturated rings. The Bertz CT molecular complexity index is 953. The lowest BCUT2D eigenvalue weighted by Gasteiger charge is -2.19. The second-order valence-electron chi connectivity index (χ2n) is 7.10. The Morgan fingerprint density at radius 2 is 2.00 bits per heavy atom. The van der Waals surface area contributed by atoms with Gasteiger partial charge < -0.3 is 10.3 Å². The number of rotatable bonds is 6. The maximum atomic E-state index is 12.6. The van der Waals surface area contributed by atoms with E-state index in [9.17, 15) is 9.59 Å². The first-order chi connectivity index (χ1) is 12.9. The number of aromatic nitrogens is 1. The number of nitrogens with zero attached hydrogens (tertiary/aromatic N) is 1. The fourth-order valence-electron chi connectivity index (χ4n) is 3.48. The van der Waals surface area contributed by atoms with Crippen LogP contribution in [0.3, 0.4) is 0 Å². The minimum absolute atomic E-state index is 0.00205. The van der Waals surface area contributed by atoms with E-state index in [1.54, 1.807) is 13.8 Å². The van der Waals surface area contributed by atoms with Gasteiger partial charge in [-0.1, -0.05) is 23.7 Å². The highest BCUT2D eigenvalue weighted by molar-refractivity contribution is 6.30. The van der Waals surface area contributed by atoms with Gasteiger partial charge >= 0.3 is 0 Å². The van der Waals surface area contributed by atoms with Crippen molar-refractivity contribution in [2.75, 3.05) is 0 Å². The van der Waals surface area contributed by atoms with Crippen molar-refractivity contribution in [3.63, 3.8) is 0 Å². The van der Waals surface area contributed by atoms with Gasteiger partial charge in [0.2, 0.25) is 5.91 Å². The molecule has 2 N–H and O–H groups in total. The fraction of sp³-hybridized carbons (Fsp3) is 0.381. The Labute approximate surface area is 163 Å². The smallest absolute Gasteiger partial charge is 0.266 e. The van der Waals surface area contributed by atoms with Crippen molar-refractivity contribution in [3.05, 3.63) is 67.6 Å². The van der Waals surface area contributed by atoms with Crippen molar-refractivity contribution >= 4 is 17.5 Å². The molecule has 1 aliphatic rings. The lowest BCUT2D eigenvalue weighted by molar-refractivity contribution is -0.122. The van der Waals surface area contributed by atoms with Gasteiger partial charge in [-0.05, 0) is 67.9 Å². The van der Waals surface area contributed by atoms with Crippen LogP contribution < -0.4 is 10.9 Å². The van der Waals surface area contributed by atoms with Crippen molar-refractivity contribution in [2.24, 2.45) is 5.92 Å². The first kappa shape index (κ1) is 19.2. The number of hydrogen-bond donors (Lipinski definition) is 2. The number of hydrogen-bond acceptors (Lipinski definition) is 3. The number of nitriles is 1. The number of aryl methyl sites for hydroxylation is 1. The number of carbonyl (C=O) groups is 1. The molecule has 1 atom stereocenters. The number of H-pyrrole nitrogens is 1. The minimum atomic E-state index is -0.378. The van der Waals surface area contributed by atoms with Crippen LogP contribution in [0.2, 0.25) is 5.02 Å². The summed E-state index contributed by atoms with van der Waals surface area (Å²) in [6.07, 6.45) is 3.00. The zero-order chi connectivity index (χ0) is 19.6. The molecule has 0 aliphatic heterocycles. The van der Waals surface area contributed by atoms with Crippen molar-refractivity contribution in [1.29, 1.82) is 5.26 Å². The number of nitrogens with one attached hydrogen (secondary N) is 2. The summed E-state index contributed by atoms with van der Waals surface area (Å²) in [4.78, 5) is 27.1. The van der Waals surface area contributed by atoms with Gasteiger partial charge in [0.1, 0.15) is 11.6 Å². The molecule has 3 rings (SSSR count). The molecule has 27 heavy (non-hydrogen) atoms. The van der Waals surface area contributed by atoms with Crippen molar-refractivity contribution in [1.82, 2.24) is 10.3 Å². The summed E-state index contributed by atoms with van der Waals surface area (Å²) in [5.41, 5.74) is 3.03. The van der Waals surface area contributed by atoms with Crippen LogP contribution in [-0.4, -0.2) is 10.9 Å². The van der Waals surface area contributed by atoms with Crippen molar-refractivity contribution in [2.45, 2.75) is 45.6 Å². The molecule has 6 heteroatoms. The van der Waals surface area contributed by atoms with Gasteiger partial charge in [0.25, 0.3) is 5.56 Å². The highest BCUT2D eigenvalue weighted by atomic mass is 35.5. The van der Waals surface area contributed by atoms with E-state index in [2.05, 4.69) is 10.3 Å². The predicted octanol–water partition coefficient (Wildman–Crippen LogP) is 3.72. The van der Waals surface area contributed by atoms with E-state index in [1.165, 1.54) is 0 Å². The summed E-state index contributed by atoms with van der Waals surface area (Å²) in [6.45, 7) is 3.55. The summed E-state index contributed by atoms with van der Waals surface area (Å²) < 4.78 is 0. The molecular formula is C21H22ClN3O2. The standard InChI is InChI=1S/C21H22ClN3O2/c1-12-17(13(2)24-21(27)18(12)11-23)9-10-19(26)25-20(14-3-4-14)15-5-7-16(22)8-6-15/h5-8,14,20H,3-4,9-10H2,1-2H3,(H,24,27)(H,25,26). The third-order valence-electron chi connectivity index (χ3n) is 5.16. The first-order valence-electron chi connectivity index (χ1n) is 9.08. The largest absolute Gasteiger partial charge is 0.349 e. The number of pyridine rings is 1. The van der Waals surface area contributed by atoms with E-state index in [-0.39, 0.29) is 23.1 Å². The summed E-state index contributed by atoms with van der Waals surface area (Å²) in [5.74, 6) is 0.433. The quantitative estimate of drug-likeness (QED) is 0.797. The molecular weight excluding hydrogens is 362 g/mol. The lowest BCUT2D eigenvalue weighted by atomic mass is 9.98. The molecule has 1 heterocycles. The molecule has 1 aromatic heterocycles. The summed E-state index contributed by atoms with van der Waals surface area (Å²) >= 11 is 5.96. The number of amides is 1. The predicted molar refractivity (Wildman–Crippen MR) is 105 cm³/mol. The Morgan fingerprint density at radius 1 is 1.33 bits per heavy atom. The third-order valence-corrected chi connectivity index (χ3v) is 5.41. The van der Waals surface area contributed by atoms with Crippen LogP contribution in [0.5, 0.6) is 0 Å². The van der Waals surface area contributed by atoms with E-state index in [4.69, 9.17) is 16.9 Å². The van der Waals surface area contributed by atoms with Crippen molar-refractivity contribution < 1.29 is 4.79 Å². The Kier molecular flexibility index (Phi) is 5.67. The zero-order valence-corrected chi connectivity index (χ0v) is 16.2. The maximum Gasteiger partial charge on any atom is 0.266 e. The molecule has 0 radical (unpaired) electrons. The number of benzene rings is 1. The first-order valence-corrected chi connectivity index (χ1v) is 9.45. The average molecular weight is 384 g/mol. The van der Waals surface area contributed by atoms with Crippen LogP contribution in [0, 0.1) is 31.1 Å². The average Bonchev–Trinajstić information content (AvgIpc) is 3.45. The summed E-state index contributed by atoms with van der Waals surface area (Å²) in [5, 5.41) is 13.0. The van der Waals surface area contributed by atoms with Crippen LogP contribution in [0.15, 0.2) is 29.1 Å². The molecule has 1 aromatic carbocycles. The van der Waals surface area contributed by atoms with Gasteiger partial charge in [0, 0.05) is 17.1 Å². The molecule has 140 valence electrons. The van der Waals surface area contributed by atoms with Gasteiger partial charge in [0.15, 0.2) is 0 Å². The minimum Gasteiger partial charge on any atom is -0.349 e. The van der Waals surface area contributed by atoms with Crippen LogP contribution >= 0.6 is 11.6 Å². The molecule has 5 nitrogen and oxygen atoms in total. The van der Waals surface area contributed by atoms with E-state index >= 15 is 0 Å². The fourth-order valence-corrected chi connectivity index (χ4v) is 3.60. The van der Waals surface area contributed by atoms with Gasteiger partial charge in [-0.25, -0.2) is 0 Å². The van der Waals surface area contributed by atoms with Crippen LogP contribution in [0.25, 0.3) is 0 Å². The molecule has 1 saturated carbocycles. The topological polar surface area (TPSA) is 85.8 Å². The second kappa shape index (κ2) is 7.98. The SMILES string of the molecule is Cc1[nH]c(=O)c(C#N)c(C)c1CCC(=O)NC(c1ccc(Cl)cc1)C1CC1. The lowest BCUT2D eigenvalue weighted by Crippen LogP contribution is -2.30. The maximum absolute atomic E-state index is 12.6. The van der Waals surface area contributed by atoms with Gasteiger partial charge in [-0.3, -0.25) is 9.59 Å². The number of carbonyl (C=O) groups excluding carboxylic acids is 1. The van der Waals surface area contributed by atoms with Gasteiger partial charge in [0.05, 0.1) is 6.04 Å². The molecule has 1 unspecified atom stereocenters. The van der Waals surface area contributed by atoms with E-state index in [0.29, 0.717) is 35.0 Å². The highest BCUT2D eigenvalue weighted by Gasteiger charge is 2.33. The Morgan fingerprint density at radius 3 is 2.59 bits per heavy atom. The number of halogens is 1. The second-order valence-corrected chi connectivity index (χ2v) is 7.54. The summed E-state index contributed by atoms with van der Waals surface area (Å²) in [6, 6.07) is 9.55. The molecule has 1 aliphatic carbocycles. The third kappa shape index (κ3) is 4.40. The van der Waals surface area contributed by atoms with Gasteiger partial charge in [-0.2, -0.15) is 5.26 Å². The van der Waals surface area contributed by atoms with Crippen molar-refractivity contribution in [3.8, 4) is 6.07 Å². The van der Waals surface area contributed by atoms with E-state index in [1.807, 2.05) is 30.3 Å². The molecule has 2 aromatic rings. The monoisotopic (exact) mass is 383 g/mol. The molecule has 0 spiro atoms. The summed E-state index contributed by atoms with van der Waals surface area (Å²) in [7, 11) is 0. The van der Waals surface area contributed by atoms with E-state index in [0.717, 1.165) is 24.0 Å². The number of aromatic amines is 1. The van der Waals surface area contributed by atoms with E-state index < -0.39 is 0 Å². The Balaban J connectivity index is 1.70. The Hall–Kier alpha value is -2.58. The van der Waals surface area contributed by atoms with Crippen LogP contribution in [0.4, 0.5) is 0 Å². The van der Waals surface area contributed by atoms with Crippen LogP contribution in [0.1, 0.15) is 53.3 Å². The molecule has 0 saturated heterocycles. The normalized spacial score (nSPS) is 14.4. The zero-order valence-electron chi connectivity index (χ0n) is 15.4. The highest BCUT2D eigenvalue weighted by Crippen LogP contribution is 2.41.